The largest absolute Gasteiger partial charge is 0.348 e. The molecule has 3 heteroatoms. The first-order valence-electron chi connectivity index (χ1n) is 6.72. The molecule has 0 radical (unpaired) electrons. The van der Waals surface area contributed by atoms with Crippen LogP contribution in [0, 0.1) is 0 Å². The summed E-state index contributed by atoms with van der Waals surface area (Å²) in [6.07, 6.45) is 0.165. The molecule has 1 aliphatic heterocycles. The zero-order valence-electron chi connectivity index (χ0n) is 11.9. The molecule has 1 fully saturated rings. The maximum Gasteiger partial charge on any atom is 0.163 e. The molecule has 1 atom stereocenters. The van der Waals surface area contributed by atoms with Crippen LogP contribution in [0.3, 0.4) is 0 Å². The van der Waals surface area contributed by atoms with Crippen molar-refractivity contribution in [3.8, 4) is 0 Å². The Hall–Kier alpha value is -0.900. The molecule has 0 bridgehead atoms. The van der Waals surface area contributed by atoms with Crippen molar-refractivity contribution in [2.24, 2.45) is 0 Å². The number of hydrogen-bond donors (Lipinski definition) is 1. The highest BCUT2D eigenvalue weighted by Crippen LogP contribution is 2.21. The van der Waals surface area contributed by atoms with E-state index in [1.165, 1.54) is 5.56 Å². The van der Waals surface area contributed by atoms with Crippen molar-refractivity contribution < 1.29 is 9.47 Å². The lowest BCUT2D eigenvalue weighted by molar-refractivity contribution is -0.137. The predicted molar refractivity (Wildman–Crippen MR) is 74.4 cm³/mol. The second-order valence-electron chi connectivity index (χ2n) is 4.57. The van der Waals surface area contributed by atoms with Crippen molar-refractivity contribution in [3.63, 3.8) is 0 Å². The Balaban J connectivity index is 0.000000771. The lowest BCUT2D eigenvalue weighted by Gasteiger charge is -2.17. The van der Waals surface area contributed by atoms with Gasteiger partial charge in [0.1, 0.15) is 0 Å². The third kappa shape index (κ3) is 5.17. The van der Waals surface area contributed by atoms with Gasteiger partial charge >= 0.3 is 0 Å². The fourth-order valence-electron chi connectivity index (χ4n) is 1.84. The molecule has 2 rings (SSSR count). The molecular weight excluding hydrogens is 226 g/mol. The number of rotatable bonds is 4. The molecule has 0 saturated carbocycles. The molecule has 1 N–H and O–H groups in total. The van der Waals surface area contributed by atoms with E-state index in [0.29, 0.717) is 6.61 Å². The molecule has 1 aromatic carbocycles. The van der Waals surface area contributed by atoms with Crippen molar-refractivity contribution in [1.82, 2.24) is 5.32 Å². The zero-order chi connectivity index (χ0) is 13.4. The van der Waals surface area contributed by atoms with Crippen molar-refractivity contribution in [1.29, 1.82) is 0 Å². The Morgan fingerprint density at radius 3 is 2.44 bits per heavy atom. The molecule has 1 heterocycles. The van der Waals surface area contributed by atoms with Crippen LogP contribution in [-0.2, 0) is 16.0 Å². The Bertz CT molecular complexity index is 325. The summed E-state index contributed by atoms with van der Waals surface area (Å²) in [7, 11) is 0. The van der Waals surface area contributed by atoms with Crippen LogP contribution in [-0.4, -0.2) is 25.0 Å². The first-order chi connectivity index (χ1) is 8.66. The van der Waals surface area contributed by atoms with E-state index in [0.717, 1.165) is 13.1 Å². The van der Waals surface area contributed by atoms with Crippen LogP contribution in [0.4, 0.5) is 0 Å². The minimum Gasteiger partial charge on any atom is -0.348 e. The second kappa shape index (κ2) is 7.52. The Morgan fingerprint density at radius 2 is 1.89 bits per heavy atom. The van der Waals surface area contributed by atoms with Gasteiger partial charge in [0, 0.05) is 13.1 Å². The monoisotopic (exact) mass is 251 g/mol. The summed E-state index contributed by atoms with van der Waals surface area (Å²) in [5.74, 6) is -0.418. The Labute approximate surface area is 110 Å². The normalized spacial score (nSPS) is 21.2. The number of hydrogen-bond acceptors (Lipinski definition) is 3. The molecule has 3 nitrogen and oxygen atoms in total. The van der Waals surface area contributed by atoms with Crippen molar-refractivity contribution in [3.05, 3.63) is 35.9 Å². The number of nitrogens with one attached hydrogen (secondary N) is 1. The maximum atomic E-state index is 5.70. The summed E-state index contributed by atoms with van der Waals surface area (Å²) < 4.78 is 11.2. The molecule has 18 heavy (non-hydrogen) atoms. The fourth-order valence-corrected chi connectivity index (χ4v) is 1.84. The average molecular weight is 251 g/mol. The smallest absolute Gasteiger partial charge is 0.163 e. The van der Waals surface area contributed by atoms with Crippen LogP contribution >= 0.6 is 0 Å². The summed E-state index contributed by atoms with van der Waals surface area (Å²) in [5, 5.41) is 3.38. The highest BCUT2D eigenvalue weighted by Gasteiger charge is 2.32. The van der Waals surface area contributed by atoms with Gasteiger partial charge in [-0.25, -0.2) is 0 Å². The lowest BCUT2D eigenvalue weighted by atomic mass is 10.2. The van der Waals surface area contributed by atoms with Crippen LogP contribution in [0.15, 0.2) is 30.3 Å². The van der Waals surface area contributed by atoms with E-state index in [1.807, 2.05) is 33.8 Å². The maximum absolute atomic E-state index is 5.70. The predicted octanol–water partition coefficient (Wildman–Crippen LogP) is 2.95. The summed E-state index contributed by atoms with van der Waals surface area (Å²) >= 11 is 0. The average Bonchev–Trinajstić information content (AvgIpc) is 2.73. The van der Waals surface area contributed by atoms with Crippen molar-refractivity contribution in [2.75, 3.05) is 13.2 Å². The summed E-state index contributed by atoms with van der Waals surface area (Å²) in [5.41, 5.74) is 1.29. The highest BCUT2D eigenvalue weighted by molar-refractivity contribution is 5.14. The Morgan fingerprint density at radius 1 is 1.22 bits per heavy atom. The summed E-state index contributed by atoms with van der Waals surface area (Å²) in [6.45, 7) is 10.3. The molecule has 0 amide bonds. The van der Waals surface area contributed by atoms with Gasteiger partial charge in [0.25, 0.3) is 0 Å². The van der Waals surface area contributed by atoms with E-state index in [4.69, 9.17) is 9.47 Å². The third-order valence-electron chi connectivity index (χ3n) is 2.61. The summed E-state index contributed by atoms with van der Waals surface area (Å²) in [6, 6.07) is 10.4. The third-order valence-corrected chi connectivity index (χ3v) is 2.61. The fraction of sp³-hybridized carbons (Fsp3) is 0.600. The second-order valence-corrected chi connectivity index (χ2v) is 4.57. The molecule has 1 aromatic rings. The Kier molecular flexibility index (Phi) is 6.33. The lowest BCUT2D eigenvalue weighted by Crippen LogP contribution is -2.30. The van der Waals surface area contributed by atoms with Crippen LogP contribution in [0.5, 0.6) is 0 Å². The first kappa shape index (κ1) is 15.2. The molecule has 0 aliphatic carbocycles. The quantitative estimate of drug-likeness (QED) is 0.892. The van der Waals surface area contributed by atoms with Gasteiger partial charge in [0.05, 0.1) is 12.7 Å². The van der Waals surface area contributed by atoms with Gasteiger partial charge in [0.15, 0.2) is 5.79 Å². The van der Waals surface area contributed by atoms with E-state index in [2.05, 4.69) is 29.6 Å². The molecule has 0 spiro atoms. The molecular formula is C15H25NO2. The first-order valence-corrected chi connectivity index (χ1v) is 6.72. The minimum atomic E-state index is -0.418. The molecule has 0 aromatic heterocycles. The number of ether oxygens (including phenoxy) is 2. The van der Waals surface area contributed by atoms with Gasteiger partial charge in [-0.2, -0.15) is 0 Å². The molecule has 1 aliphatic rings. The SMILES string of the molecule is CC.CC1(C)OC[C@@H](CNCc2ccccc2)O1. The van der Waals surface area contributed by atoms with Gasteiger partial charge in [-0.05, 0) is 19.4 Å². The standard InChI is InChI=1S/C13H19NO2.C2H6/c1-13(2)15-10-12(16-13)9-14-8-11-6-4-3-5-7-11;1-2/h3-7,12,14H,8-10H2,1-2H3;1-2H3/t12-;/m1./s1. The highest BCUT2D eigenvalue weighted by atomic mass is 16.7. The topological polar surface area (TPSA) is 30.5 Å². The van der Waals surface area contributed by atoms with Gasteiger partial charge in [0.2, 0.25) is 0 Å². The van der Waals surface area contributed by atoms with E-state index >= 15 is 0 Å². The van der Waals surface area contributed by atoms with Gasteiger partial charge in [-0.15, -0.1) is 0 Å². The van der Waals surface area contributed by atoms with Crippen molar-refractivity contribution in [2.45, 2.75) is 46.1 Å². The molecule has 1 saturated heterocycles. The summed E-state index contributed by atoms with van der Waals surface area (Å²) in [4.78, 5) is 0. The molecule has 0 unspecified atom stereocenters. The van der Waals surface area contributed by atoms with Crippen LogP contribution in [0.25, 0.3) is 0 Å². The van der Waals surface area contributed by atoms with Crippen LogP contribution in [0.2, 0.25) is 0 Å². The molecule has 102 valence electrons. The van der Waals surface area contributed by atoms with E-state index in [1.54, 1.807) is 0 Å². The zero-order valence-corrected chi connectivity index (χ0v) is 11.9. The minimum absolute atomic E-state index is 0.165. The van der Waals surface area contributed by atoms with E-state index < -0.39 is 5.79 Å². The van der Waals surface area contributed by atoms with Crippen LogP contribution < -0.4 is 5.32 Å². The van der Waals surface area contributed by atoms with E-state index in [-0.39, 0.29) is 6.10 Å². The van der Waals surface area contributed by atoms with Crippen molar-refractivity contribution >= 4 is 0 Å². The van der Waals surface area contributed by atoms with Gasteiger partial charge in [-0.1, -0.05) is 44.2 Å². The van der Waals surface area contributed by atoms with Crippen LogP contribution in [0.1, 0.15) is 33.3 Å². The number of benzene rings is 1. The van der Waals surface area contributed by atoms with Gasteiger partial charge in [-0.3, -0.25) is 0 Å². The van der Waals surface area contributed by atoms with Gasteiger partial charge < -0.3 is 14.8 Å². The van der Waals surface area contributed by atoms with E-state index in [9.17, 15) is 0 Å².